The number of amides is 2. The predicted molar refractivity (Wildman–Crippen MR) is 107 cm³/mol. The van der Waals surface area contributed by atoms with Gasteiger partial charge in [-0.25, -0.2) is 0 Å². The standard InChI is InChI=1S/C22H24N2O5/c25-20(15-29-14-16-4-2-1-3-5-16)23-19-8-6-17(7-9-19)21(26)24-12-10-18(11-13-24)22(27)28/h1-9,18H,10-15H2,(H,23,25)(H,27,28). The van der Waals surface area contributed by atoms with Crippen molar-refractivity contribution in [3.63, 3.8) is 0 Å². The van der Waals surface area contributed by atoms with E-state index in [-0.39, 0.29) is 24.3 Å². The molecule has 0 aliphatic carbocycles. The van der Waals surface area contributed by atoms with Crippen molar-refractivity contribution in [1.29, 1.82) is 0 Å². The Morgan fingerprint density at radius 2 is 1.66 bits per heavy atom. The van der Waals surface area contributed by atoms with E-state index < -0.39 is 5.97 Å². The molecule has 1 aliphatic rings. The van der Waals surface area contributed by atoms with E-state index in [0.29, 0.717) is 43.8 Å². The molecule has 7 nitrogen and oxygen atoms in total. The summed E-state index contributed by atoms with van der Waals surface area (Å²) in [5.41, 5.74) is 2.09. The van der Waals surface area contributed by atoms with Gasteiger partial charge in [0.25, 0.3) is 5.91 Å². The van der Waals surface area contributed by atoms with Crippen LogP contribution >= 0.6 is 0 Å². The van der Waals surface area contributed by atoms with Crippen molar-refractivity contribution < 1.29 is 24.2 Å². The number of carbonyl (C=O) groups is 3. The van der Waals surface area contributed by atoms with E-state index in [1.54, 1.807) is 29.2 Å². The zero-order valence-electron chi connectivity index (χ0n) is 16.0. The number of anilines is 1. The van der Waals surface area contributed by atoms with Crippen LogP contribution in [-0.2, 0) is 20.9 Å². The van der Waals surface area contributed by atoms with Crippen LogP contribution in [0.4, 0.5) is 5.69 Å². The van der Waals surface area contributed by atoms with Crippen molar-refractivity contribution in [2.24, 2.45) is 5.92 Å². The summed E-state index contributed by atoms with van der Waals surface area (Å²) in [5.74, 6) is -1.57. The maximum atomic E-state index is 12.6. The molecule has 0 aromatic heterocycles. The highest BCUT2D eigenvalue weighted by atomic mass is 16.5. The van der Waals surface area contributed by atoms with Crippen molar-refractivity contribution in [3.05, 3.63) is 65.7 Å². The van der Waals surface area contributed by atoms with E-state index in [4.69, 9.17) is 9.84 Å². The number of piperidine rings is 1. The lowest BCUT2D eigenvalue weighted by Gasteiger charge is -2.30. The Morgan fingerprint density at radius 1 is 1.00 bits per heavy atom. The van der Waals surface area contributed by atoms with Crippen molar-refractivity contribution in [3.8, 4) is 0 Å². The largest absolute Gasteiger partial charge is 0.481 e. The lowest BCUT2D eigenvalue weighted by molar-refractivity contribution is -0.143. The lowest BCUT2D eigenvalue weighted by atomic mass is 9.96. The summed E-state index contributed by atoms with van der Waals surface area (Å²) in [6.07, 6.45) is 0.941. The third-order valence-corrected chi connectivity index (χ3v) is 4.89. The molecule has 1 fully saturated rings. The second kappa shape index (κ2) is 9.84. The normalized spacial score (nSPS) is 14.4. The summed E-state index contributed by atoms with van der Waals surface area (Å²) in [5, 5.41) is 11.8. The van der Waals surface area contributed by atoms with Gasteiger partial charge in [0.15, 0.2) is 0 Å². The maximum absolute atomic E-state index is 12.6. The van der Waals surface area contributed by atoms with Crippen LogP contribution in [0.2, 0.25) is 0 Å². The fourth-order valence-corrected chi connectivity index (χ4v) is 3.24. The molecule has 2 N–H and O–H groups in total. The molecule has 152 valence electrons. The Bertz CT molecular complexity index is 843. The maximum Gasteiger partial charge on any atom is 0.306 e. The van der Waals surface area contributed by atoms with Crippen LogP contribution in [0.15, 0.2) is 54.6 Å². The fraction of sp³-hybridized carbons (Fsp3) is 0.318. The van der Waals surface area contributed by atoms with Gasteiger partial charge in [0.05, 0.1) is 12.5 Å². The molecule has 0 spiro atoms. The van der Waals surface area contributed by atoms with E-state index >= 15 is 0 Å². The molecular weight excluding hydrogens is 372 g/mol. The van der Waals surface area contributed by atoms with E-state index in [0.717, 1.165) is 5.56 Å². The molecule has 0 bridgehead atoms. The monoisotopic (exact) mass is 396 g/mol. The van der Waals surface area contributed by atoms with Crippen molar-refractivity contribution in [1.82, 2.24) is 4.90 Å². The Morgan fingerprint density at radius 3 is 2.28 bits per heavy atom. The van der Waals surface area contributed by atoms with Gasteiger partial charge in [-0.2, -0.15) is 0 Å². The molecule has 1 saturated heterocycles. The third kappa shape index (κ3) is 5.89. The van der Waals surface area contributed by atoms with Crippen LogP contribution in [0.3, 0.4) is 0 Å². The Labute approximate surface area is 169 Å². The van der Waals surface area contributed by atoms with Gasteiger partial charge in [-0.3, -0.25) is 14.4 Å². The predicted octanol–water partition coefficient (Wildman–Crippen LogP) is 2.78. The molecule has 1 aliphatic heterocycles. The smallest absolute Gasteiger partial charge is 0.306 e. The number of likely N-dealkylation sites (tertiary alicyclic amines) is 1. The minimum Gasteiger partial charge on any atom is -0.481 e. The molecule has 2 amide bonds. The number of carboxylic acid groups (broad SMARTS) is 1. The first-order valence-corrected chi connectivity index (χ1v) is 9.56. The van der Waals surface area contributed by atoms with E-state index in [1.165, 1.54) is 0 Å². The van der Waals surface area contributed by atoms with Gasteiger partial charge in [0.1, 0.15) is 6.61 Å². The van der Waals surface area contributed by atoms with E-state index in [1.807, 2.05) is 30.3 Å². The molecule has 3 rings (SSSR count). The molecule has 0 atom stereocenters. The summed E-state index contributed by atoms with van der Waals surface area (Å²) in [7, 11) is 0. The fourth-order valence-electron chi connectivity index (χ4n) is 3.24. The summed E-state index contributed by atoms with van der Waals surface area (Å²) >= 11 is 0. The van der Waals surface area contributed by atoms with Crippen LogP contribution in [0, 0.1) is 5.92 Å². The number of rotatable bonds is 7. The van der Waals surface area contributed by atoms with Gasteiger partial charge in [-0.1, -0.05) is 30.3 Å². The average Bonchev–Trinajstić information content (AvgIpc) is 2.74. The Hall–Kier alpha value is -3.19. The molecule has 0 radical (unpaired) electrons. The van der Waals surface area contributed by atoms with Crippen LogP contribution in [0.25, 0.3) is 0 Å². The first-order valence-electron chi connectivity index (χ1n) is 9.56. The number of carbonyl (C=O) groups excluding carboxylic acids is 2. The molecular formula is C22H24N2O5. The second-order valence-corrected chi connectivity index (χ2v) is 7.01. The number of nitrogens with zero attached hydrogens (tertiary/aromatic N) is 1. The minimum absolute atomic E-state index is 0.0614. The van der Waals surface area contributed by atoms with E-state index in [9.17, 15) is 14.4 Å². The lowest BCUT2D eigenvalue weighted by Crippen LogP contribution is -2.40. The van der Waals surface area contributed by atoms with Crippen molar-refractivity contribution in [2.45, 2.75) is 19.4 Å². The van der Waals surface area contributed by atoms with Gasteiger partial charge in [-0.15, -0.1) is 0 Å². The van der Waals surface area contributed by atoms with Gasteiger partial charge in [-0.05, 0) is 42.7 Å². The highest BCUT2D eigenvalue weighted by Crippen LogP contribution is 2.20. The number of carboxylic acids is 1. The molecule has 29 heavy (non-hydrogen) atoms. The molecule has 7 heteroatoms. The van der Waals surface area contributed by atoms with Gasteiger partial charge >= 0.3 is 5.97 Å². The molecule has 0 saturated carbocycles. The van der Waals surface area contributed by atoms with E-state index in [2.05, 4.69) is 5.32 Å². The first-order chi connectivity index (χ1) is 14.0. The molecule has 0 unspecified atom stereocenters. The summed E-state index contributed by atoms with van der Waals surface area (Å²) in [6.45, 7) is 1.18. The number of ether oxygens (including phenoxy) is 1. The number of nitrogens with one attached hydrogen (secondary N) is 1. The highest BCUT2D eigenvalue weighted by Gasteiger charge is 2.27. The van der Waals surface area contributed by atoms with Gasteiger partial charge in [0.2, 0.25) is 5.91 Å². The zero-order chi connectivity index (χ0) is 20.6. The zero-order valence-corrected chi connectivity index (χ0v) is 16.0. The SMILES string of the molecule is O=C(COCc1ccccc1)Nc1ccc(C(=O)N2CCC(C(=O)O)CC2)cc1. The quantitative estimate of drug-likeness (QED) is 0.750. The van der Waals surface area contributed by atoms with Gasteiger partial charge in [0, 0.05) is 24.3 Å². The number of benzene rings is 2. The highest BCUT2D eigenvalue weighted by molar-refractivity contribution is 5.96. The Kier molecular flexibility index (Phi) is 6.97. The first kappa shape index (κ1) is 20.5. The topological polar surface area (TPSA) is 95.9 Å². The van der Waals surface area contributed by atoms with Crippen LogP contribution in [0.1, 0.15) is 28.8 Å². The number of aliphatic carboxylic acids is 1. The van der Waals surface area contributed by atoms with Crippen LogP contribution in [0.5, 0.6) is 0 Å². The Balaban J connectivity index is 1.45. The van der Waals surface area contributed by atoms with Gasteiger partial charge < -0.3 is 20.1 Å². The van der Waals surface area contributed by atoms with Crippen molar-refractivity contribution >= 4 is 23.5 Å². The number of hydrogen-bond donors (Lipinski definition) is 2. The number of hydrogen-bond acceptors (Lipinski definition) is 4. The minimum atomic E-state index is -0.801. The molecule has 2 aromatic carbocycles. The summed E-state index contributed by atoms with van der Waals surface area (Å²) in [4.78, 5) is 37.2. The average molecular weight is 396 g/mol. The van der Waals surface area contributed by atoms with Crippen LogP contribution in [-0.4, -0.2) is 47.5 Å². The molecule has 2 aromatic rings. The molecule has 1 heterocycles. The van der Waals surface area contributed by atoms with Crippen LogP contribution < -0.4 is 5.32 Å². The van der Waals surface area contributed by atoms with Crippen molar-refractivity contribution in [2.75, 3.05) is 25.0 Å². The summed E-state index contributed by atoms with van der Waals surface area (Å²) in [6, 6.07) is 16.3. The third-order valence-electron chi connectivity index (χ3n) is 4.89. The summed E-state index contributed by atoms with van der Waals surface area (Å²) < 4.78 is 5.41. The second-order valence-electron chi connectivity index (χ2n) is 7.01.